The van der Waals surface area contributed by atoms with Gasteiger partial charge in [-0.3, -0.25) is 0 Å². The number of hydrogen-bond acceptors (Lipinski definition) is 7. The average molecular weight is 426 g/mol. The fourth-order valence-corrected chi connectivity index (χ4v) is 3.43. The molecule has 1 aromatic rings. The van der Waals surface area contributed by atoms with Crippen molar-refractivity contribution in [3.05, 3.63) is 24.3 Å². The first-order valence-corrected chi connectivity index (χ1v) is 11.9. The molecular weight excluding hydrogens is 394 g/mol. The molecule has 1 aromatic carbocycles. The molecule has 0 radical (unpaired) electrons. The quantitative estimate of drug-likeness (QED) is 0.425. The zero-order valence-corrected chi connectivity index (χ0v) is 18.2. The third kappa shape index (κ3) is 10.8. The zero-order chi connectivity index (χ0) is 20.9. The highest BCUT2D eigenvalue weighted by Crippen LogP contribution is 2.14. The molecule has 0 atom stereocenters. The van der Waals surface area contributed by atoms with Crippen molar-refractivity contribution in [2.75, 3.05) is 40.2 Å². The number of nitrogens with one attached hydrogen (secondary N) is 1. The number of methoxy groups -OCH3 is 2. The smallest absolute Gasteiger partial charge is 0.240 e. The van der Waals surface area contributed by atoms with E-state index in [1.165, 1.54) is 38.5 Å². The van der Waals surface area contributed by atoms with Crippen LogP contribution in [0.4, 0.5) is 0 Å². The Morgan fingerprint density at radius 2 is 1.33 bits per heavy atom. The summed E-state index contributed by atoms with van der Waals surface area (Å²) in [6.07, 6.45) is 2.64. The molecule has 8 nitrogen and oxygen atoms in total. The summed E-state index contributed by atoms with van der Waals surface area (Å²) in [5.41, 5.74) is 0. The van der Waals surface area contributed by atoms with Gasteiger partial charge in [0, 0.05) is 33.7 Å². The second-order valence-electron chi connectivity index (χ2n) is 5.61. The number of benzene rings is 1. The number of sulfone groups is 1. The summed E-state index contributed by atoms with van der Waals surface area (Å²) in [7, 11) is -4.31. The molecule has 10 heteroatoms. The van der Waals surface area contributed by atoms with Gasteiger partial charge in [0.25, 0.3) is 0 Å². The summed E-state index contributed by atoms with van der Waals surface area (Å²) in [6.45, 7) is 6.04. The monoisotopic (exact) mass is 425 g/mol. The molecule has 0 aromatic heterocycles. The Kier molecular flexibility index (Phi) is 12.7. The first-order valence-electron chi connectivity index (χ1n) is 8.55. The van der Waals surface area contributed by atoms with Crippen molar-refractivity contribution in [2.45, 2.75) is 42.8 Å². The summed E-state index contributed by atoms with van der Waals surface area (Å²) in [5, 5.41) is 0. The van der Waals surface area contributed by atoms with E-state index in [9.17, 15) is 16.8 Å². The van der Waals surface area contributed by atoms with Gasteiger partial charge >= 0.3 is 0 Å². The van der Waals surface area contributed by atoms with Crippen LogP contribution in [0.1, 0.15) is 26.7 Å². The van der Waals surface area contributed by atoms with Gasteiger partial charge in [0.2, 0.25) is 10.0 Å². The Labute approximate surface area is 163 Å². The van der Waals surface area contributed by atoms with Gasteiger partial charge < -0.3 is 14.2 Å². The summed E-state index contributed by atoms with van der Waals surface area (Å²) in [4.78, 5) is 0.0268. The van der Waals surface area contributed by atoms with Crippen LogP contribution >= 0.6 is 0 Å². The van der Waals surface area contributed by atoms with Crippen LogP contribution in [0.25, 0.3) is 0 Å². The number of sulfonamides is 1. The second kappa shape index (κ2) is 13.2. The molecule has 158 valence electrons. The normalized spacial score (nSPS) is 11.9. The second-order valence-corrected chi connectivity index (χ2v) is 9.39. The minimum atomic E-state index is -3.74. The molecule has 0 heterocycles. The van der Waals surface area contributed by atoms with Crippen LogP contribution < -0.4 is 4.72 Å². The van der Waals surface area contributed by atoms with E-state index in [1.807, 2.05) is 0 Å². The number of ether oxygens (including phenoxy) is 3. The van der Waals surface area contributed by atoms with Crippen molar-refractivity contribution >= 4 is 19.9 Å². The minimum absolute atomic E-state index is 0.0316. The zero-order valence-electron chi connectivity index (χ0n) is 16.6. The molecule has 1 N–H and O–H groups in total. The third-order valence-electron chi connectivity index (χ3n) is 3.22. The van der Waals surface area contributed by atoms with Crippen LogP contribution in [-0.4, -0.2) is 63.4 Å². The lowest BCUT2D eigenvalue weighted by Gasteiger charge is -2.14. The molecule has 0 aliphatic rings. The highest BCUT2D eigenvalue weighted by atomic mass is 32.2. The van der Waals surface area contributed by atoms with E-state index in [0.29, 0.717) is 0 Å². The highest BCUT2D eigenvalue weighted by molar-refractivity contribution is 7.90. The molecular formula is C17H31NO7S2. The Morgan fingerprint density at radius 1 is 0.889 bits per heavy atom. The summed E-state index contributed by atoms with van der Waals surface area (Å²) in [6, 6.07) is 4.95. The van der Waals surface area contributed by atoms with Crippen molar-refractivity contribution in [2.24, 2.45) is 0 Å². The van der Waals surface area contributed by atoms with Crippen molar-refractivity contribution in [1.82, 2.24) is 4.72 Å². The van der Waals surface area contributed by atoms with Gasteiger partial charge in [-0.05, 0) is 37.1 Å². The summed E-state index contributed by atoms with van der Waals surface area (Å²) >= 11 is 0. The van der Waals surface area contributed by atoms with Crippen LogP contribution in [0.2, 0.25) is 0 Å². The first-order chi connectivity index (χ1) is 12.6. The number of hydrogen-bond donors (Lipinski definition) is 1. The van der Waals surface area contributed by atoms with Crippen molar-refractivity contribution in [3.8, 4) is 0 Å². The van der Waals surface area contributed by atoms with E-state index in [1.54, 1.807) is 0 Å². The van der Waals surface area contributed by atoms with Gasteiger partial charge in [0.1, 0.15) is 0 Å². The van der Waals surface area contributed by atoms with Crippen LogP contribution in [0, 0.1) is 0 Å². The Morgan fingerprint density at radius 3 is 1.70 bits per heavy atom. The first kappa shape index (κ1) is 26.0. The van der Waals surface area contributed by atoms with E-state index in [-0.39, 0.29) is 16.3 Å². The van der Waals surface area contributed by atoms with Crippen molar-refractivity contribution in [1.29, 1.82) is 0 Å². The maximum absolute atomic E-state index is 12.0. The van der Waals surface area contributed by atoms with Gasteiger partial charge in [-0.1, -0.05) is 13.8 Å². The molecule has 0 saturated heterocycles. The molecule has 1 rings (SSSR count). The van der Waals surface area contributed by atoms with E-state index < -0.39 is 26.2 Å². The largest absolute Gasteiger partial charge is 0.381 e. The summed E-state index contributed by atoms with van der Waals surface area (Å²) < 4.78 is 63.7. The van der Waals surface area contributed by atoms with E-state index in [4.69, 9.17) is 14.2 Å². The summed E-state index contributed by atoms with van der Waals surface area (Å²) in [5.74, 6) is 0. The Bertz CT molecular complexity index is 708. The standard InChI is InChI=1S/C11H17NO6S2.C6H14O/c1-17-11(18-2)8-12-20(15,16)10-6-4-9(5-7-10)19(3,13)14;1-3-5-7-6-4-2/h4-7,11-12H,8H2,1-3H3;3-6H2,1-2H3. The molecule has 0 aliphatic heterocycles. The molecule has 0 fully saturated rings. The SMILES string of the molecule is CCCOCCC.COC(CNS(=O)(=O)c1ccc(S(C)(=O)=O)cc1)OC. The maximum Gasteiger partial charge on any atom is 0.240 e. The molecule has 27 heavy (non-hydrogen) atoms. The van der Waals surface area contributed by atoms with Gasteiger partial charge in [-0.15, -0.1) is 0 Å². The van der Waals surface area contributed by atoms with Gasteiger partial charge in [-0.2, -0.15) is 0 Å². The lowest BCUT2D eigenvalue weighted by atomic mass is 10.4. The molecule has 0 spiro atoms. The Hall–Kier alpha value is -1.04. The fraction of sp³-hybridized carbons (Fsp3) is 0.647. The molecule has 0 saturated carbocycles. The topological polar surface area (TPSA) is 108 Å². The predicted molar refractivity (Wildman–Crippen MR) is 104 cm³/mol. The molecule has 0 bridgehead atoms. The number of rotatable bonds is 11. The van der Waals surface area contributed by atoms with Gasteiger partial charge in [-0.25, -0.2) is 21.6 Å². The van der Waals surface area contributed by atoms with Crippen molar-refractivity contribution < 1.29 is 31.0 Å². The molecule has 0 amide bonds. The van der Waals surface area contributed by atoms with Crippen molar-refractivity contribution in [3.63, 3.8) is 0 Å². The lowest BCUT2D eigenvalue weighted by Crippen LogP contribution is -2.34. The Balaban J connectivity index is 0.000000821. The predicted octanol–water partition coefficient (Wildman–Crippen LogP) is 1.81. The van der Waals surface area contributed by atoms with Gasteiger partial charge in [0.05, 0.1) is 16.3 Å². The lowest BCUT2D eigenvalue weighted by molar-refractivity contribution is -0.0960. The third-order valence-corrected chi connectivity index (χ3v) is 5.79. The van der Waals surface area contributed by atoms with Crippen LogP contribution in [0.15, 0.2) is 34.1 Å². The van der Waals surface area contributed by atoms with E-state index in [2.05, 4.69) is 18.6 Å². The van der Waals surface area contributed by atoms with E-state index >= 15 is 0 Å². The van der Waals surface area contributed by atoms with Crippen LogP contribution in [0.3, 0.4) is 0 Å². The highest BCUT2D eigenvalue weighted by Gasteiger charge is 2.17. The van der Waals surface area contributed by atoms with E-state index in [0.717, 1.165) is 32.3 Å². The van der Waals surface area contributed by atoms with Gasteiger partial charge in [0.15, 0.2) is 16.1 Å². The van der Waals surface area contributed by atoms with Crippen LogP contribution in [-0.2, 0) is 34.1 Å². The molecule has 0 unspecified atom stereocenters. The minimum Gasteiger partial charge on any atom is -0.381 e. The maximum atomic E-state index is 12.0. The van der Waals surface area contributed by atoms with Crippen LogP contribution in [0.5, 0.6) is 0 Å². The fourth-order valence-electron chi connectivity index (χ4n) is 1.78. The average Bonchev–Trinajstić information content (AvgIpc) is 2.63. The molecule has 0 aliphatic carbocycles.